The quantitative estimate of drug-likeness (QED) is 0.647. The van der Waals surface area contributed by atoms with E-state index in [1.165, 1.54) is 0 Å². The molecule has 0 amide bonds. The molecule has 0 saturated heterocycles. The maximum Gasteiger partial charge on any atom is 0.244 e. The van der Waals surface area contributed by atoms with Gasteiger partial charge in [-0.15, -0.1) is 5.10 Å². The highest BCUT2D eigenvalue weighted by molar-refractivity contribution is 5.91. The summed E-state index contributed by atoms with van der Waals surface area (Å²) < 4.78 is 0. The Hall–Kier alpha value is -2.80. The van der Waals surface area contributed by atoms with Gasteiger partial charge in [0.15, 0.2) is 5.82 Å². The van der Waals surface area contributed by atoms with Gasteiger partial charge in [-0.2, -0.15) is 10.1 Å². The minimum atomic E-state index is 0.520. The van der Waals surface area contributed by atoms with E-state index in [4.69, 9.17) is 0 Å². The van der Waals surface area contributed by atoms with Gasteiger partial charge in [0, 0.05) is 18.1 Å². The molecule has 0 atom stereocenters. The third-order valence-corrected chi connectivity index (χ3v) is 3.52. The van der Waals surface area contributed by atoms with Crippen molar-refractivity contribution in [3.63, 3.8) is 0 Å². The van der Waals surface area contributed by atoms with Crippen LogP contribution in [0.4, 0.5) is 17.5 Å². The maximum absolute atomic E-state index is 4.45. The van der Waals surface area contributed by atoms with Crippen LogP contribution in [-0.4, -0.2) is 52.3 Å². The first-order valence-electron chi connectivity index (χ1n) is 7.91. The molecule has 3 aromatic rings. The fourth-order valence-corrected chi connectivity index (χ4v) is 2.38. The summed E-state index contributed by atoms with van der Waals surface area (Å²) in [6.07, 6.45) is 4.40. The fourth-order valence-electron chi connectivity index (χ4n) is 2.38. The minimum absolute atomic E-state index is 0.520. The van der Waals surface area contributed by atoms with Crippen molar-refractivity contribution in [3.8, 4) is 0 Å². The van der Waals surface area contributed by atoms with Crippen molar-refractivity contribution in [1.82, 2.24) is 25.1 Å². The second-order valence-electron chi connectivity index (χ2n) is 5.75. The monoisotopic (exact) mass is 323 g/mol. The van der Waals surface area contributed by atoms with Crippen LogP contribution < -0.4 is 10.6 Å². The predicted molar refractivity (Wildman–Crippen MR) is 96.5 cm³/mol. The molecule has 0 aliphatic rings. The smallest absolute Gasteiger partial charge is 0.244 e. The summed E-state index contributed by atoms with van der Waals surface area (Å²) in [5.41, 5.74) is 1.80. The normalized spacial score (nSPS) is 11.0. The van der Waals surface area contributed by atoms with Gasteiger partial charge < -0.3 is 15.5 Å². The predicted octanol–water partition coefficient (Wildman–Crippen LogP) is 2.53. The molecular formula is C17H21N7. The topological polar surface area (TPSA) is 78.9 Å². The Morgan fingerprint density at radius 2 is 2.00 bits per heavy atom. The molecule has 0 spiro atoms. The van der Waals surface area contributed by atoms with Gasteiger partial charge in [-0.25, -0.2) is 0 Å². The van der Waals surface area contributed by atoms with Gasteiger partial charge in [-0.3, -0.25) is 4.98 Å². The van der Waals surface area contributed by atoms with Crippen LogP contribution in [0.2, 0.25) is 0 Å². The standard InChI is InChI=1S/C17H21N7/c1-24(2)11-5-10-19-17-22-15(12-20-23-17)21-14-8-3-6-13-7-4-9-18-16(13)14/h3-4,6-9,12H,5,10-11H2,1-2H3,(H2,19,21,22,23). The van der Waals surface area contributed by atoms with Crippen molar-refractivity contribution in [3.05, 3.63) is 42.7 Å². The fraction of sp³-hybridized carbons (Fsp3) is 0.294. The summed E-state index contributed by atoms with van der Waals surface area (Å²) in [6, 6.07) is 9.95. The Bertz CT molecular complexity index is 798. The molecule has 0 radical (unpaired) electrons. The summed E-state index contributed by atoms with van der Waals surface area (Å²) in [5.74, 6) is 1.16. The molecule has 0 unspecified atom stereocenters. The summed E-state index contributed by atoms with van der Waals surface area (Å²) in [4.78, 5) is 11.0. The number of rotatable bonds is 7. The van der Waals surface area contributed by atoms with Gasteiger partial charge in [0.25, 0.3) is 0 Å². The van der Waals surface area contributed by atoms with Crippen LogP contribution in [0.25, 0.3) is 10.9 Å². The van der Waals surface area contributed by atoms with Crippen LogP contribution in [0.15, 0.2) is 42.7 Å². The van der Waals surface area contributed by atoms with Crippen LogP contribution in [0, 0.1) is 0 Å². The van der Waals surface area contributed by atoms with Crippen LogP contribution in [0.3, 0.4) is 0 Å². The molecule has 3 rings (SSSR count). The first-order valence-corrected chi connectivity index (χ1v) is 7.91. The lowest BCUT2D eigenvalue weighted by Crippen LogP contribution is -2.17. The molecule has 0 aliphatic heterocycles. The van der Waals surface area contributed by atoms with Crippen molar-refractivity contribution < 1.29 is 0 Å². The zero-order valence-corrected chi connectivity index (χ0v) is 13.9. The Balaban J connectivity index is 1.70. The molecule has 2 N–H and O–H groups in total. The van der Waals surface area contributed by atoms with E-state index < -0.39 is 0 Å². The number of aromatic nitrogens is 4. The Labute approximate surface area is 141 Å². The van der Waals surface area contributed by atoms with E-state index in [9.17, 15) is 0 Å². The zero-order chi connectivity index (χ0) is 16.8. The average molecular weight is 323 g/mol. The van der Waals surface area contributed by atoms with Crippen LogP contribution >= 0.6 is 0 Å². The van der Waals surface area contributed by atoms with Crippen molar-refractivity contribution in [2.45, 2.75) is 6.42 Å². The molecular weight excluding hydrogens is 302 g/mol. The highest BCUT2D eigenvalue weighted by Crippen LogP contribution is 2.23. The van der Waals surface area contributed by atoms with Gasteiger partial charge >= 0.3 is 0 Å². The summed E-state index contributed by atoms with van der Waals surface area (Å²) in [6.45, 7) is 1.82. The Morgan fingerprint density at radius 3 is 2.88 bits per heavy atom. The second-order valence-corrected chi connectivity index (χ2v) is 5.75. The number of hydrogen-bond acceptors (Lipinski definition) is 7. The number of hydrogen-bond donors (Lipinski definition) is 2. The van der Waals surface area contributed by atoms with Gasteiger partial charge in [0.2, 0.25) is 5.95 Å². The van der Waals surface area contributed by atoms with Gasteiger partial charge in [0.05, 0.1) is 17.4 Å². The van der Waals surface area contributed by atoms with E-state index in [0.717, 1.165) is 36.1 Å². The van der Waals surface area contributed by atoms with E-state index >= 15 is 0 Å². The summed E-state index contributed by atoms with van der Waals surface area (Å²) >= 11 is 0. The van der Waals surface area contributed by atoms with E-state index in [0.29, 0.717) is 11.8 Å². The first-order chi connectivity index (χ1) is 11.7. The van der Waals surface area contributed by atoms with E-state index in [2.05, 4.69) is 49.8 Å². The molecule has 24 heavy (non-hydrogen) atoms. The number of anilines is 3. The van der Waals surface area contributed by atoms with Crippen molar-refractivity contribution in [2.75, 3.05) is 37.8 Å². The number of pyridine rings is 1. The number of nitrogens with zero attached hydrogens (tertiary/aromatic N) is 5. The van der Waals surface area contributed by atoms with E-state index in [-0.39, 0.29) is 0 Å². The van der Waals surface area contributed by atoms with E-state index in [1.807, 2.05) is 30.3 Å². The third kappa shape index (κ3) is 4.14. The van der Waals surface area contributed by atoms with Crippen LogP contribution in [-0.2, 0) is 0 Å². The number of fused-ring (bicyclic) bond motifs is 1. The molecule has 7 heteroatoms. The molecule has 2 heterocycles. The molecule has 0 fully saturated rings. The third-order valence-electron chi connectivity index (χ3n) is 3.52. The first kappa shape index (κ1) is 16.1. The zero-order valence-electron chi connectivity index (χ0n) is 13.9. The highest BCUT2D eigenvalue weighted by atomic mass is 15.3. The van der Waals surface area contributed by atoms with Crippen molar-refractivity contribution >= 4 is 28.4 Å². The van der Waals surface area contributed by atoms with Gasteiger partial charge in [0.1, 0.15) is 0 Å². The summed E-state index contributed by atoms with van der Waals surface area (Å²) in [7, 11) is 4.11. The van der Waals surface area contributed by atoms with Gasteiger partial charge in [-0.1, -0.05) is 18.2 Å². The average Bonchev–Trinajstić information content (AvgIpc) is 2.59. The van der Waals surface area contributed by atoms with Crippen molar-refractivity contribution in [2.24, 2.45) is 0 Å². The van der Waals surface area contributed by atoms with E-state index in [1.54, 1.807) is 12.4 Å². The van der Waals surface area contributed by atoms with Gasteiger partial charge in [-0.05, 0) is 39.2 Å². The SMILES string of the molecule is CN(C)CCCNc1nncc(Nc2cccc3cccnc23)n1. The lowest BCUT2D eigenvalue weighted by atomic mass is 10.2. The molecule has 0 bridgehead atoms. The molecule has 0 saturated carbocycles. The molecule has 2 aromatic heterocycles. The summed E-state index contributed by atoms with van der Waals surface area (Å²) in [5, 5.41) is 15.6. The number of benzene rings is 1. The molecule has 124 valence electrons. The Kier molecular flexibility index (Phi) is 5.12. The largest absolute Gasteiger partial charge is 0.353 e. The molecule has 0 aliphatic carbocycles. The van der Waals surface area contributed by atoms with Crippen LogP contribution in [0.5, 0.6) is 0 Å². The van der Waals surface area contributed by atoms with Crippen molar-refractivity contribution in [1.29, 1.82) is 0 Å². The lowest BCUT2D eigenvalue weighted by Gasteiger charge is -2.11. The molecule has 1 aromatic carbocycles. The number of para-hydroxylation sites is 1. The Morgan fingerprint density at radius 1 is 1.12 bits per heavy atom. The number of nitrogens with one attached hydrogen (secondary N) is 2. The second kappa shape index (κ2) is 7.65. The highest BCUT2D eigenvalue weighted by Gasteiger charge is 2.05. The van der Waals surface area contributed by atoms with Crippen LogP contribution in [0.1, 0.15) is 6.42 Å². The lowest BCUT2D eigenvalue weighted by molar-refractivity contribution is 0.405. The molecule has 7 nitrogen and oxygen atoms in total. The maximum atomic E-state index is 4.45. The minimum Gasteiger partial charge on any atom is -0.353 e.